The molecule has 0 saturated heterocycles. The molecule has 1 aliphatic heterocycles. The molecule has 1 heterocycles. The zero-order chi connectivity index (χ0) is 30.7. The van der Waals surface area contributed by atoms with Gasteiger partial charge in [-0.05, 0) is 56.9 Å². The number of benzene rings is 8. The lowest BCUT2D eigenvalue weighted by Gasteiger charge is -2.24. The van der Waals surface area contributed by atoms with Gasteiger partial charge in [0, 0.05) is 26.7 Å². The Morgan fingerprint density at radius 2 is 0.957 bits per heavy atom. The van der Waals surface area contributed by atoms with Crippen molar-refractivity contribution in [3.8, 4) is 34.1 Å². The van der Waals surface area contributed by atoms with Crippen LogP contribution in [0.5, 0.6) is 23.0 Å². The van der Waals surface area contributed by atoms with Crippen LogP contribution in [-0.4, -0.2) is 0 Å². The van der Waals surface area contributed by atoms with Crippen LogP contribution in [0.4, 0.5) is 0 Å². The van der Waals surface area contributed by atoms with Crippen LogP contribution in [0.15, 0.2) is 164 Å². The van der Waals surface area contributed by atoms with Crippen molar-refractivity contribution < 1.29 is 14.0 Å². The zero-order valence-electron chi connectivity index (χ0n) is 24.8. The first-order chi connectivity index (χ1) is 22.7. The van der Waals surface area contributed by atoms with Crippen molar-refractivity contribution in [3.63, 3.8) is 0 Å². The molecule has 0 radical (unpaired) electrons. The highest BCUT2D eigenvalue weighted by Crippen LogP contribution is 2.53. The van der Waals surface area contributed by atoms with Crippen molar-refractivity contribution in [2.75, 3.05) is 0 Å². The summed E-state index contributed by atoms with van der Waals surface area (Å²) in [7, 11) is -3.07. The molecular formula is C42H27O3P. The number of ether oxygens (including phenoxy) is 2. The van der Waals surface area contributed by atoms with Crippen molar-refractivity contribution in [1.29, 1.82) is 0 Å². The van der Waals surface area contributed by atoms with E-state index in [0.717, 1.165) is 70.9 Å². The first kappa shape index (κ1) is 26.7. The highest BCUT2D eigenvalue weighted by molar-refractivity contribution is 7.85. The van der Waals surface area contributed by atoms with E-state index in [1.807, 2.05) is 91.0 Å². The van der Waals surface area contributed by atoms with Gasteiger partial charge in [-0.25, -0.2) is 0 Å². The lowest BCUT2D eigenvalue weighted by molar-refractivity contribution is 0.367. The van der Waals surface area contributed by atoms with Crippen molar-refractivity contribution in [3.05, 3.63) is 164 Å². The first-order valence-electron chi connectivity index (χ1n) is 15.4. The summed E-state index contributed by atoms with van der Waals surface area (Å²) in [5.74, 6) is 2.87. The molecule has 3 nitrogen and oxygen atoms in total. The van der Waals surface area contributed by atoms with Gasteiger partial charge in [0.1, 0.15) is 0 Å². The Labute approximate surface area is 266 Å². The van der Waals surface area contributed by atoms with E-state index in [1.54, 1.807) is 0 Å². The fourth-order valence-corrected chi connectivity index (χ4v) is 9.37. The largest absolute Gasteiger partial charge is 0.449 e. The summed E-state index contributed by atoms with van der Waals surface area (Å²) < 4.78 is 28.1. The average molecular weight is 611 g/mol. The molecular weight excluding hydrogens is 583 g/mol. The maximum Gasteiger partial charge on any atom is 0.177 e. The third-order valence-corrected chi connectivity index (χ3v) is 12.0. The first-order valence-corrected chi connectivity index (χ1v) is 17.1. The van der Waals surface area contributed by atoms with E-state index in [-0.39, 0.29) is 0 Å². The molecule has 9 rings (SSSR count). The molecule has 0 unspecified atom stereocenters. The molecule has 46 heavy (non-hydrogen) atoms. The van der Waals surface area contributed by atoms with E-state index in [4.69, 9.17) is 9.47 Å². The molecule has 8 aromatic carbocycles. The fraction of sp³-hybridized carbons (Fsp3) is 0. The molecule has 0 fully saturated rings. The fourth-order valence-electron chi connectivity index (χ4n) is 6.69. The van der Waals surface area contributed by atoms with Crippen molar-refractivity contribution in [2.45, 2.75) is 0 Å². The van der Waals surface area contributed by atoms with Gasteiger partial charge in [0.25, 0.3) is 0 Å². The molecule has 0 bridgehead atoms. The summed E-state index contributed by atoms with van der Waals surface area (Å²) in [4.78, 5) is 0. The number of fused-ring (bicyclic) bond motifs is 7. The Morgan fingerprint density at radius 1 is 0.391 bits per heavy atom. The molecule has 0 N–H and O–H groups in total. The normalized spacial score (nSPS) is 12.3. The molecule has 0 aromatic heterocycles. The number of hydrogen-bond donors (Lipinski definition) is 0. The van der Waals surface area contributed by atoms with Crippen LogP contribution in [0.25, 0.3) is 43.4 Å². The summed E-state index contributed by atoms with van der Waals surface area (Å²) in [6.07, 6.45) is 0. The summed E-state index contributed by atoms with van der Waals surface area (Å²) in [5.41, 5.74) is 2.13. The minimum atomic E-state index is -3.07. The van der Waals surface area contributed by atoms with Gasteiger partial charge in [0.2, 0.25) is 0 Å². The SMILES string of the molecule is O=P(c1ccccc1)(c1ccccc1)c1ccc2cc(-c3cc4c(c5ccccc35)Oc3ccc5ccccc5c3O4)ccc2c1. The maximum atomic E-state index is 15.0. The Kier molecular flexibility index (Phi) is 6.09. The molecule has 218 valence electrons. The Bertz CT molecular complexity index is 2460. The molecule has 0 spiro atoms. The molecule has 0 saturated carbocycles. The summed E-state index contributed by atoms with van der Waals surface area (Å²) >= 11 is 0. The monoisotopic (exact) mass is 610 g/mol. The predicted molar refractivity (Wildman–Crippen MR) is 190 cm³/mol. The van der Waals surface area contributed by atoms with Crippen LogP contribution >= 0.6 is 7.14 Å². The maximum absolute atomic E-state index is 15.0. The standard InChI is InChI=1S/C42H27O3P/c43-46(32-12-3-1-4-13-32,33-14-5-2-6-15-33)34-23-21-29-25-31(20-19-30(29)26-34)38-27-40-42(37-18-10-9-17-36(37)38)44-39-24-22-28-11-7-8-16-35(28)41(39)45-40/h1-27H. The molecule has 8 aromatic rings. The summed E-state index contributed by atoms with van der Waals surface area (Å²) in [5, 5.41) is 8.79. The number of hydrogen-bond acceptors (Lipinski definition) is 3. The van der Waals surface area contributed by atoms with Crippen molar-refractivity contribution >= 4 is 55.4 Å². The quantitative estimate of drug-likeness (QED) is 0.186. The molecule has 0 atom stereocenters. The Morgan fingerprint density at radius 3 is 1.72 bits per heavy atom. The van der Waals surface area contributed by atoms with Gasteiger partial charge >= 0.3 is 0 Å². The van der Waals surface area contributed by atoms with Crippen LogP contribution in [-0.2, 0) is 4.57 Å². The molecule has 0 amide bonds. The van der Waals surface area contributed by atoms with E-state index in [9.17, 15) is 4.57 Å². The second-order valence-corrected chi connectivity index (χ2v) is 14.4. The summed E-state index contributed by atoms with van der Waals surface area (Å²) in [6, 6.07) is 54.9. The van der Waals surface area contributed by atoms with E-state index in [0.29, 0.717) is 11.5 Å². The molecule has 4 heteroatoms. The third kappa shape index (κ3) is 4.17. The van der Waals surface area contributed by atoms with Crippen molar-refractivity contribution in [2.24, 2.45) is 0 Å². The van der Waals surface area contributed by atoms with E-state index < -0.39 is 7.14 Å². The second-order valence-electron chi connectivity index (χ2n) is 11.6. The minimum Gasteiger partial charge on any atom is -0.449 e. The van der Waals surface area contributed by atoms with Crippen LogP contribution in [0.1, 0.15) is 0 Å². The van der Waals surface area contributed by atoms with E-state index in [1.165, 1.54) is 0 Å². The Balaban J connectivity index is 1.17. The van der Waals surface area contributed by atoms with Gasteiger partial charge in [0.15, 0.2) is 30.1 Å². The van der Waals surface area contributed by atoms with Crippen LogP contribution in [0, 0.1) is 0 Å². The van der Waals surface area contributed by atoms with Gasteiger partial charge < -0.3 is 14.0 Å². The minimum absolute atomic E-state index is 0.694. The Hall–Kier alpha value is -5.63. The average Bonchev–Trinajstić information content (AvgIpc) is 3.13. The summed E-state index contributed by atoms with van der Waals surface area (Å²) in [6.45, 7) is 0. The van der Waals surface area contributed by atoms with Gasteiger partial charge in [-0.2, -0.15) is 0 Å². The highest BCUT2D eigenvalue weighted by atomic mass is 31.2. The highest BCUT2D eigenvalue weighted by Gasteiger charge is 2.30. The van der Waals surface area contributed by atoms with Gasteiger partial charge in [0.05, 0.1) is 0 Å². The van der Waals surface area contributed by atoms with Gasteiger partial charge in [-0.1, -0.05) is 140 Å². The second kappa shape index (κ2) is 10.5. The molecule has 1 aliphatic rings. The van der Waals surface area contributed by atoms with Crippen LogP contribution < -0.4 is 25.4 Å². The van der Waals surface area contributed by atoms with Crippen molar-refractivity contribution in [1.82, 2.24) is 0 Å². The smallest absolute Gasteiger partial charge is 0.177 e. The van der Waals surface area contributed by atoms with Gasteiger partial charge in [-0.15, -0.1) is 0 Å². The van der Waals surface area contributed by atoms with E-state index >= 15 is 0 Å². The topological polar surface area (TPSA) is 35.5 Å². The lowest BCUT2D eigenvalue weighted by atomic mass is 9.95. The third-order valence-electron chi connectivity index (χ3n) is 8.97. The molecule has 0 aliphatic carbocycles. The lowest BCUT2D eigenvalue weighted by Crippen LogP contribution is -2.24. The van der Waals surface area contributed by atoms with Crippen LogP contribution in [0.2, 0.25) is 0 Å². The van der Waals surface area contributed by atoms with E-state index in [2.05, 4.69) is 72.8 Å². The zero-order valence-corrected chi connectivity index (χ0v) is 25.7. The predicted octanol–water partition coefficient (Wildman–Crippen LogP) is 10.4. The van der Waals surface area contributed by atoms with Crippen LogP contribution in [0.3, 0.4) is 0 Å². The number of rotatable bonds is 4. The van der Waals surface area contributed by atoms with Gasteiger partial charge in [-0.3, -0.25) is 0 Å².